The van der Waals surface area contributed by atoms with Crippen LogP contribution in [0.4, 0.5) is 0 Å². The van der Waals surface area contributed by atoms with Crippen molar-refractivity contribution < 1.29 is 16.9 Å². The van der Waals surface area contributed by atoms with Gasteiger partial charge in [-0.3, -0.25) is 0 Å². The van der Waals surface area contributed by atoms with Gasteiger partial charge in [0.1, 0.15) is 15.9 Å². The molecule has 0 atom stereocenters. The fourth-order valence-electron chi connectivity index (χ4n) is 2.67. The minimum atomic E-state index is -2.41. The lowest BCUT2D eigenvalue weighted by Gasteiger charge is -2.25. The number of hydrogen-bond donors (Lipinski definition) is 0. The van der Waals surface area contributed by atoms with Gasteiger partial charge in [-0.2, -0.15) is 0 Å². The molecule has 3 rings (SSSR count). The van der Waals surface area contributed by atoms with Crippen molar-refractivity contribution in [3.8, 4) is 0 Å². The van der Waals surface area contributed by atoms with Crippen LogP contribution < -0.4 is 28.3 Å². The molecule has 0 aliphatic heterocycles. The molecule has 0 spiro atoms. The quantitative estimate of drug-likeness (QED) is 0.464. The third kappa shape index (κ3) is 4.19. The zero-order valence-electron chi connectivity index (χ0n) is 13.2. The van der Waals surface area contributed by atoms with Crippen molar-refractivity contribution >= 4 is 46.6 Å². The third-order valence-corrected chi connectivity index (χ3v) is 7.82. The van der Waals surface area contributed by atoms with Crippen LogP contribution in [0, 0.1) is 0 Å². The molecule has 0 unspecified atom stereocenters. The average molecular weight is 410 g/mol. The van der Waals surface area contributed by atoms with Gasteiger partial charge in [0.25, 0.3) is 12.7 Å². The van der Waals surface area contributed by atoms with Crippen LogP contribution in [-0.4, -0.2) is 0 Å². The van der Waals surface area contributed by atoms with Crippen molar-refractivity contribution in [2.45, 2.75) is 0 Å². The summed E-state index contributed by atoms with van der Waals surface area (Å²) in [5.74, 6) is 0. The molecule has 0 aliphatic rings. The molecule has 128 valence electrons. The molecule has 0 amide bonds. The maximum Gasteiger partial charge on any atom is 0.288 e. The van der Waals surface area contributed by atoms with Gasteiger partial charge < -0.3 is 16.9 Å². The van der Waals surface area contributed by atoms with E-state index in [2.05, 4.69) is 36.4 Å². The largest absolute Gasteiger partial charge is 1.00 e. The molecule has 0 radical (unpaired) electrons. The molecular weight excluding hydrogens is 394 g/mol. The number of rotatable bonds is 5. The molecule has 0 fully saturated rings. The van der Waals surface area contributed by atoms with Gasteiger partial charge in [-0.1, -0.05) is 66.2 Å². The fourth-order valence-corrected chi connectivity index (χ4v) is 6.39. The zero-order chi connectivity index (χ0) is 16.8. The molecule has 0 saturated heterocycles. The minimum Gasteiger partial charge on any atom is -1.00 e. The van der Waals surface area contributed by atoms with Gasteiger partial charge in [0.2, 0.25) is 0 Å². The lowest BCUT2D eigenvalue weighted by atomic mass is 10.4. The first-order chi connectivity index (χ1) is 11.8. The van der Waals surface area contributed by atoms with Crippen LogP contribution in [0.3, 0.4) is 0 Å². The van der Waals surface area contributed by atoms with Crippen molar-refractivity contribution in [1.29, 1.82) is 0 Å². The SMILES string of the molecule is Cl/C=C(\Cl)O[P+](c1ccccc1)(c1ccccc1)c1ccccc1.[Cl-]. The highest BCUT2D eigenvalue weighted by Gasteiger charge is 2.49. The number of benzene rings is 3. The Hall–Kier alpha value is -1.50. The molecule has 0 aliphatic carbocycles. The molecule has 3 aromatic rings. The molecule has 0 aromatic heterocycles. The van der Waals surface area contributed by atoms with Gasteiger partial charge in [0.15, 0.2) is 0 Å². The first-order valence-corrected chi connectivity index (χ1v) is 10.0. The zero-order valence-corrected chi connectivity index (χ0v) is 16.4. The van der Waals surface area contributed by atoms with Crippen LogP contribution in [0.2, 0.25) is 0 Å². The molecule has 1 nitrogen and oxygen atoms in total. The van der Waals surface area contributed by atoms with Crippen LogP contribution in [0.1, 0.15) is 0 Å². The monoisotopic (exact) mass is 408 g/mol. The smallest absolute Gasteiger partial charge is 0.288 e. The molecule has 5 heteroatoms. The summed E-state index contributed by atoms with van der Waals surface area (Å²) >= 11 is 12.1. The Labute approximate surface area is 165 Å². The maximum atomic E-state index is 6.35. The Morgan fingerprint density at radius 2 is 1.00 bits per heavy atom. The fraction of sp³-hybridized carbons (Fsp3) is 0. The highest BCUT2D eigenvalue weighted by Crippen LogP contribution is 2.58. The van der Waals surface area contributed by atoms with E-state index in [9.17, 15) is 0 Å². The molecule has 0 bridgehead atoms. The molecule has 0 saturated carbocycles. The second-order valence-electron chi connectivity index (χ2n) is 5.12. The Balaban J connectivity index is 0.00000225. The van der Waals surface area contributed by atoms with Crippen molar-refractivity contribution in [1.82, 2.24) is 0 Å². The van der Waals surface area contributed by atoms with E-state index in [0.29, 0.717) is 0 Å². The van der Waals surface area contributed by atoms with E-state index in [1.807, 2.05) is 54.6 Å². The summed E-state index contributed by atoms with van der Waals surface area (Å²) < 4.78 is 6.35. The first-order valence-electron chi connectivity index (χ1n) is 7.49. The summed E-state index contributed by atoms with van der Waals surface area (Å²) in [5, 5.41) is 3.43. The van der Waals surface area contributed by atoms with Crippen molar-refractivity contribution in [3.63, 3.8) is 0 Å². The second kappa shape index (κ2) is 9.27. The van der Waals surface area contributed by atoms with Crippen LogP contribution in [0.15, 0.2) is 102 Å². The van der Waals surface area contributed by atoms with E-state index in [1.54, 1.807) is 0 Å². The van der Waals surface area contributed by atoms with Crippen LogP contribution in [0.25, 0.3) is 0 Å². The average Bonchev–Trinajstić information content (AvgIpc) is 2.68. The minimum absolute atomic E-state index is 0. The second-order valence-corrected chi connectivity index (χ2v) is 8.66. The van der Waals surface area contributed by atoms with Gasteiger partial charge in [0, 0.05) is 0 Å². The van der Waals surface area contributed by atoms with Crippen molar-refractivity contribution in [2.24, 2.45) is 0 Å². The van der Waals surface area contributed by atoms with Crippen LogP contribution >= 0.6 is 30.7 Å². The maximum absolute atomic E-state index is 6.35. The van der Waals surface area contributed by atoms with Crippen LogP contribution in [-0.2, 0) is 4.52 Å². The number of hydrogen-bond acceptors (Lipinski definition) is 1. The van der Waals surface area contributed by atoms with E-state index >= 15 is 0 Å². The normalized spacial score (nSPS) is 11.5. The van der Waals surface area contributed by atoms with Gasteiger partial charge in [-0.15, -0.1) is 0 Å². The standard InChI is InChI=1S/C20H16Cl2OP.ClH/c21-16-20(22)23-24(17-10-4-1-5-11-17,18-12-6-2-7-13-18)19-14-8-3-9-15-19;/h1-16H;1H/q+1;/p-1/b20-16+;. The van der Waals surface area contributed by atoms with E-state index in [0.717, 1.165) is 15.9 Å². The topological polar surface area (TPSA) is 9.23 Å². The molecule has 25 heavy (non-hydrogen) atoms. The first kappa shape index (κ1) is 19.8. The van der Waals surface area contributed by atoms with E-state index < -0.39 is 7.49 Å². The molecule has 0 N–H and O–H groups in total. The van der Waals surface area contributed by atoms with E-state index in [4.69, 9.17) is 27.7 Å². The molecule has 3 aromatic carbocycles. The Morgan fingerprint density at radius 3 is 1.28 bits per heavy atom. The Morgan fingerprint density at radius 1 is 0.680 bits per heavy atom. The lowest BCUT2D eigenvalue weighted by Crippen LogP contribution is -3.00. The Kier molecular flexibility index (Phi) is 7.35. The summed E-state index contributed by atoms with van der Waals surface area (Å²) in [6.45, 7) is 0. The lowest BCUT2D eigenvalue weighted by molar-refractivity contribution is -0.00000508. The van der Waals surface area contributed by atoms with Gasteiger partial charge in [-0.05, 0) is 48.0 Å². The molecule has 0 heterocycles. The summed E-state index contributed by atoms with van der Waals surface area (Å²) in [7, 11) is -2.41. The highest BCUT2D eigenvalue weighted by atomic mass is 35.5. The van der Waals surface area contributed by atoms with Crippen molar-refractivity contribution in [3.05, 3.63) is 102 Å². The summed E-state index contributed by atoms with van der Waals surface area (Å²) in [6, 6.07) is 30.5. The summed E-state index contributed by atoms with van der Waals surface area (Å²) in [6.07, 6.45) is 0. The Bertz CT molecular complexity index is 711. The number of halogens is 3. The predicted octanol–water partition coefficient (Wildman–Crippen LogP) is 2.19. The highest BCUT2D eigenvalue weighted by molar-refractivity contribution is 7.91. The van der Waals surface area contributed by atoms with E-state index in [1.165, 1.54) is 5.54 Å². The van der Waals surface area contributed by atoms with Crippen molar-refractivity contribution in [2.75, 3.05) is 0 Å². The van der Waals surface area contributed by atoms with E-state index in [-0.39, 0.29) is 17.6 Å². The van der Waals surface area contributed by atoms with Crippen LogP contribution in [0.5, 0.6) is 0 Å². The third-order valence-electron chi connectivity index (χ3n) is 3.67. The summed E-state index contributed by atoms with van der Waals surface area (Å²) in [4.78, 5) is 0. The van der Waals surface area contributed by atoms with Gasteiger partial charge >= 0.3 is 0 Å². The summed E-state index contributed by atoms with van der Waals surface area (Å²) in [5.41, 5.74) is 1.27. The van der Waals surface area contributed by atoms with Gasteiger partial charge in [0.05, 0.1) is 5.54 Å². The van der Waals surface area contributed by atoms with Gasteiger partial charge in [-0.25, -0.2) is 0 Å². The molecular formula is C20H16Cl3OP. The predicted molar refractivity (Wildman–Crippen MR) is 106 cm³/mol.